The molecule has 1 aromatic carbocycles. The molecule has 4 aromatic rings. The van der Waals surface area contributed by atoms with Crippen LogP contribution in [0.25, 0.3) is 17.0 Å². The molecule has 7 nitrogen and oxygen atoms in total. The van der Waals surface area contributed by atoms with Crippen molar-refractivity contribution in [2.75, 3.05) is 0 Å². The summed E-state index contributed by atoms with van der Waals surface area (Å²) < 4.78 is 30.8. The van der Waals surface area contributed by atoms with E-state index in [0.717, 1.165) is 30.7 Å². The van der Waals surface area contributed by atoms with E-state index in [1.54, 1.807) is 24.8 Å². The van der Waals surface area contributed by atoms with Gasteiger partial charge in [-0.25, -0.2) is 13.8 Å². The Kier molecular flexibility index (Phi) is 4.93. The van der Waals surface area contributed by atoms with E-state index < -0.39 is 17.5 Å². The van der Waals surface area contributed by atoms with Gasteiger partial charge in [0, 0.05) is 36.8 Å². The minimum atomic E-state index is -0.710. The topological polar surface area (TPSA) is 77.1 Å². The maximum absolute atomic E-state index is 13.9. The average molecular weight is 422 g/mol. The summed E-state index contributed by atoms with van der Waals surface area (Å²) in [5.74, 6) is -1.24. The Morgan fingerprint density at radius 3 is 2.81 bits per heavy atom. The highest BCUT2D eigenvalue weighted by Crippen LogP contribution is 2.33. The molecular formula is C22H20F2N6O. The quantitative estimate of drug-likeness (QED) is 0.529. The van der Waals surface area contributed by atoms with Crippen molar-refractivity contribution in [2.45, 2.75) is 38.3 Å². The van der Waals surface area contributed by atoms with Gasteiger partial charge in [-0.1, -0.05) is 18.9 Å². The molecule has 1 aliphatic rings. The number of nitrogens with zero attached hydrogens (tertiary/aromatic N) is 5. The van der Waals surface area contributed by atoms with Gasteiger partial charge in [0.05, 0.1) is 17.8 Å². The van der Waals surface area contributed by atoms with Crippen molar-refractivity contribution in [3.05, 3.63) is 71.9 Å². The zero-order valence-electron chi connectivity index (χ0n) is 16.6. The minimum absolute atomic E-state index is 0.0838. The average Bonchev–Trinajstić information content (AvgIpc) is 3.51. The summed E-state index contributed by atoms with van der Waals surface area (Å²) in [5, 5.41) is 7.17. The van der Waals surface area contributed by atoms with Crippen molar-refractivity contribution < 1.29 is 13.6 Å². The highest BCUT2D eigenvalue weighted by atomic mass is 19.1. The highest BCUT2D eigenvalue weighted by molar-refractivity contribution is 5.99. The Balaban J connectivity index is 1.48. The van der Waals surface area contributed by atoms with Crippen LogP contribution in [0.2, 0.25) is 0 Å². The highest BCUT2D eigenvalue weighted by Gasteiger charge is 2.25. The fraction of sp³-hybridized carbons (Fsp3) is 0.273. The molecule has 1 fully saturated rings. The summed E-state index contributed by atoms with van der Waals surface area (Å²) in [4.78, 5) is 21.6. The molecule has 0 saturated heterocycles. The molecule has 9 heteroatoms. The van der Waals surface area contributed by atoms with Crippen LogP contribution in [0, 0.1) is 11.6 Å². The Labute approximate surface area is 176 Å². The zero-order chi connectivity index (χ0) is 21.4. The first-order valence-corrected chi connectivity index (χ1v) is 10.2. The van der Waals surface area contributed by atoms with Crippen LogP contribution in [0.1, 0.15) is 47.8 Å². The molecular weight excluding hydrogens is 402 g/mol. The standard InChI is InChI=1S/C22H20F2N6O/c23-15-6-5-14(17(24)11-15)12-26-22(31)20-19-13-25-9-10-29(19)21(28-20)18-7-8-27-30(18)16-3-1-2-4-16/h5-11,13,16H,1-4,12H2,(H,26,31). The molecule has 1 amide bonds. The summed E-state index contributed by atoms with van der Waals surface area (Å²) in [7, 11) is 0. The van der Waals surface area contributed by atoms with Crippen LogP contribution in [0.5, 0.6) is 0 Å². The Morgan fingerprint density at radius 1 is 1.16 bits per heavy atom. The van der Waals surface area contributed by atoms with Crippen molar-refractivity contribution in [2.24, 2.45) is 0 Å². The third kappa shape index (κ3) is 3.56. The summed E-state index contributed by atoms with van der Waals surface area (Å²) >= 11 is 0. The predicted molar refractivity (Wildman–Crippen MR) is 109 cm³/mol. The maximum atomic E-state index is 13.9. The molecule has 0 radical (unpaired) electrons. The Bertz CT molecular complexity index is 1260. The van der Waals surface area contributed by atoms with Crippen LogP contribution in [-0.4, -0.2) is 30.1 Å². The van der Waals surface area contributed by atoms with Crippen LogP contribution in [0.3, 0.4) is 0 Å². The first-order valence-electron chi connectivity index (χ1n) is 10.2. The third-order valence-electron chi connectivity index (χ3n) is 5.69. The Morgan fingerprint density at radius 2 is 2.00 bits per heavy atom. The summed E-state index contributed by atoms with van der Waals surface area (Å²) in [6.07, 6.45) is 11.2. The largest absolute Gasteiger partial charge is 0.346 e. The number of nitrogens with one attached hydrogen (secondary N) is 1. The van der Waals surface area contributed by atoms with E-state index in [4.69, 9.17) is 0 Å². The second-order valence-corrected chi connectivity index (χ2v) is 7.63. The lowest BCUT2D eigenvalue weighted by atomic mass is 10.2. The van der Waals surface area contributed by atoms with Crippen LogP contribution >= 0.6 is 0 Å². The maximum Gasteiger partial charge on any atom is 0.272 e. The normalized spacial score (nSPS) is 14.4. The van der Waals surface area contributed by atoms with E-state index in [-0.39, 0.29) is 17.8 Å². The molecule has 0 aliphatic heterocycles. The molecule has 3 heterocycles. The van der Waals surface area contributed by atoms with E-state index in [0.29, 0.717) is 17.4 Å². The molecule has 0 spiro atoms. The Hall–Kier alpha value is -3.62. The molecule has 0 bridgehead atoms. The lowest BCUT2D eigenvalue weighted by molar-refractivity contribution is 0.0948. The SMILES string of the molecule is O=C(NCc1ccc(F)cc1F)c1nc(-c2ccnn2C2CCCC2)n2ccncc12. The number of amides is 1. The molecule has 1 N–H and O–H groups in total. The van der Waals surface area contributed by atoms with Crippen molar-refractivity contribution >= 4 is 11.4 Å². The van der Waals surface area contributed by atoms with Gasteiger partial charge in [0.15, 0.2) is 11.5 Å². The molecule has 0 atom stereocenters. The van der Waals surface area contributed by atoms with E-state index in [9.17, 15) is 13.6 Å². The number of fused-ring (bicyclic) bond motifs is 1. The summed E-state index contributed by atoms with van der Waals surface area (Å²) in [6, 6.07) is 5.47. The number of hydrogen-bond acceptors (Lipinski definition) is 4. The zero-order valence-corrected chi connectivity index (χ0v) is 16.6. The number of aromatic nitrogens is 5. The van der Waals surface area contributed by atoms with Crippen LogP contribution in [0.15, 0.2) is 49.1 Å². The van der Waals surface area contributed by atoms with Gasteiger partial charge >= 0.3 is 0 Å². The summed E-state index contributed by atoms with van der Waals surface area (Å²) in [5.41, 5.74) is 1.74. The van der Waals surface area contributed by atoms with Crippen LogP contribution < -0.4 is 5.32 Å². The second-order valence-electron chi connectivity index (χ2n) is 7.63. The van der Waals surface area contributed by atoms with E-state index in [1.165, 1.54) is 18.9 Å². The smallest absolute Gasteiger partial charge is 0.272 e. The minimum Gasteiger partial charge on any atom is -0.346 e. The fourth-order valence-electron chi connectivity index (χ4n) is 4.14. The summed E-state index contributed by atoms with van der Waals surface area (Å²) in [6.45, 7) is -0.0838. The molecule has 1 aliphatic carbocycles. The van der Waals surface area contributed by atoms with E-state index >= 15 is 0 Å². The molecule has 1 saturated carbocycles. The van der Waals surface area contributed by atoms with Gasteiger partial charge in [-0.2, -0.15) is 5.10 Å². The molecule has 5 rings (SSSR count). The molecule has 0 unspecified atom stereocenters. The van der Waals surface area contributed by atoms with Crippen molar-refractivity contribution in [1.29, 1.82) is 0 Å². The lowest BCUT2D eigenvalue weighted by Gasteiger charge is -2.13. The number of rotatable bonds is 5. The number of benzene rings is 1. The van der Waals surface area contributed by atoms with Crippen molar-refractivity contribution in [1.82, 2.24) is 29.5 Å². The molecule has 3 aromatic heterocycles. The van der Waals surface area contributed by atoms with Gasteiger partial charge in [-0.3, -0.25) is 18.9 Å². The number of halogens is 2. The van der Waals surface area contributed by atoms with Gasteiger partial charge in [-0.15, -0.1) is 0 Å². The third-order valence-corrected chi connectivity index (χ3v) is 5.69. The van der Waals surface area contributed by atoms with Gasteiger partial charge in [0.2, 0.25) is 0 Å². The fourth-order valence-corrected chi connectivity index (χ4v) is 4.14. The molecule has 31 heavy (non-hydrogen) atoms. The number of hydrogen-bond donors (Lipinski definition) is 1. The first kappa shape index (κ1) is 19.3. The van der Waals surface area contributed by atoms with Crippen molar-refractivity contribution in [3.8, 4) is 11.5 Å². The van der Waals surface area contributed by atoms with Gasteiger partial charge < -0.3 is 5.32 Å². The van der Waals surface area contributed by atoms with Gasteiger partial charge in [0.25, 0.3) is 5.91 Å². The first-order chi connectivity index (χ1) is 15.1. The van der Waals surface area contributed by atoms with E-state index in [1.807, 2.05) is 15.1 Å². The second kappa shape index (κ2) is 7.90. The van der Waals surface area contributed by atoms with Gasteiger partial charge in [0.1, 0.15) is 17.3 Å². The van der Waals surface area contributed by atoms with Crippen LogP contribution in [-0.2, 0) is 6.54 Å². The number of carbonyl (C=O) groups is 1. The van der Waals surface area contributed by atoms with E-state index in [2.05, 4.69) is 20.4 Å². The lowest BCUT2D eigenvalue weighted by Crippen LogP contribution is -2.24. The number of imidazole rings is 1. The van der Waals surface area contributed by atoms with Gasteiger partial charge in [-0.05, 0) is 25.0 Å². The van der Waals surface area contributed by atoms with Crippen LogP contribution in [0.4, 0.5) is 8.78 Å². The number of carbonyl (C=O) groups excluding carboxylic acids is 1. The predicted octanol–water partition coefficient (Wildman–Crippen LogP) is 3.92. The van der Waals surface area contributed by atoms with Crippen molar-refractivity contribution in [3.63, 3.8) is 0 Å². The molecule has 158 valence electrons. The monoisotopic (exact) mass is 422 g/mol.